The molecule has 0 fully saturated rings. The van der Waals surface area contributed by atoms with Gasteiger partial charge in [0, 0.05) is 32.7 Å². The Balaban J connectivity index is 1.05. The number of aliphatic imine (C=N–C) groups is 2. The molecule has 9 aromatic carbocycles. The molecule has 2 heterocycles. The van der Waals surface area contributed by atoms with E-state index in [-0.39, 0.29) is 0 Å². The van der Waals surface area contributed by atoms with Crippen LogP contribution in [0.25, 0.3) is 87.7 Å². The van der Waals surface area contributed by atoms with Gasteiger partial charge in [-0.1, -0.05) is 152 Å². The van der Waals surface area contributed by atoms with Crippen LogP contribution < -0.4 is 5.73 Å². The summed E-state index contributed by atoms with van der Waals surface area (Å²) in [5, 5.41) is 8.79. The molecule has 0 saturated heterocycles. The van der Waals surface area contributed by atoms with Crippen LogP contribution in [0, 0.1) is 0 Å². The Bertz CT molecular complexity index is 3430. The van der Waals surface area contributed by atoms with Crippen LogP contribution in [0.1, 0.15) is 16.7 Å². The molecule has 0 aliphatic heterocycles. The van der Waals surface area contributed by atoms with Crippen LogP contribution in [0.15, 0.2) is 207 Å². The second-order valence-corrected chi connectivity index (χ2v) is 14.7. The second-order valence-electron chi connectivity index (χ2n) is 14.7. The monoisotopic (exact) mass is 745 g/mol. The van der Waals surface area contributed by atoms with Crippen LogP contribution in [0.3, 0.4) is 0 Å². The van der Waals surface area contributed by atoms with E-state index in [1.165, 1.54) is 21.5 Å². The van der Waals surface area contributed by atoms with Crippen molar-refractivity contribution >= 4 is 77.1 Å². The molecule has 0 aliphatic rings. The van der Waals surface area contributed by atoms with Gasteiger partial charge in [0.15, 0.2) is 5.84 Å². The van der Waals surface area contributed by atoms with Crippen LogP contribution in [0.4, 0.5) is 0 Å². The lowest BCUT2D eigenvalue weighted by Gasteiger charge is -2.09. The molecular formula is C53H35N3O2. The van der Waals surface area contributed by atoms with Crippen molar-refractivity contribution in [3.63, 3.8) is 0 Å². The van der Waals surface area contributed by atoms with Crippen molar-refractivity contribution in [2.24, 2.45) is 15.7 Å². The number of benzene rings is 9. The highest BCUT2D eigenvalue weighted by Gasteiger charge is 2.19. The van der Waals surface area contributed by atoms with Gasteiger partial charge in [0.1, 0.15) is 28.2 Å². The van der Waals surface area contributed by atoms with Crippen LogP contribution in [-0.2, 0) is 6.54 Å². The van der Waals surface area contributed by atoms with Gasteiger partial charge in [-0.05, 0) is 85.8 Å². The fourth-order valence-electron chi connectivity index (χ4n) is 8.35. The smallest absolute Gasteiger partial charge is 0.157 e. The van der Waals surface area contributed by atoms with Gasteiger partial charge in [0.05, 0.1) is 6.54 Å². The van der Waals surface area contributed by atoms with Gasteiger partial charge in [0.25, 0.3) is 0 Å². The van der Waals surface area contributed by atoms with E-state index >= 15 is 0 Å². The maximum atomic E-state index is 7.09. The van der Waals surface area contributed by atoms with Crippen LogP contribution in [-0.4, -0.2) is 11.7 Å². The van der Waals surface area contributed by atoms with E-state index in [1.54, 1.807) is 0 Å². The summed E-state index contributed by atoms with van der Waals surface area (Å²) < 4.78 is 12.9. The lowest BCUT2D eigenvalue weighted by atomic mass is 9.95. The third kappa shape index (κ3) is 5.80. The Hall–Kier alpha value is -7.76. The first-order chi connectivity index (χ1) is 28.6. The van der Waals surface area contributed by atoms with E-state index in [1.807, 2.05) is 36.4 Å². The zero-order valence-electron chi connectivity index (χ0n) is 31.4. The fourth-order valence-corrected chi connectivity index (χ4v) is 8.35. The van der Waals surface area contributed by atoms with E-state index < -0.39 is 0 Å². The maximum absolute atomic E-state index is 7.09. The summed E-state index contributed by atoms with van der Waals surface area (Å²) in [4.78, 5) is 10.2. The average Bonchev–Trinajstić information content (AvgIpc) is 3.87. The largest absolute Gasteiger partial charge is 0.456 e. The lowest BCUT2D eigenvalue weighted by Crippen LogP contribution is -2.17. The van der Waals surface area contributed by atoms with Crippen molar-refractivity contribution in [1.82, 2.24) is 0 Å². The summed E-state index contributed by atoms with van der Waals surface area (Å²) in [5.74, 6) is 0.912. The topological polar surface area (TPSA) is 77.0 Å². The van der Waals surface area contributed by atoms with E-state index in [9.17, 15) is 0 Å². The number of hydrogen-bond acceptors (Lipinski definition) is 3. The fraction of sp³-hybridized carbons (Fsp3) is 0.0189. The number of amidine groups is 2. The number of hydrogen-bond donors (Lipinski definition) is 1. The van der Waals surface area contributed by atoms with Crippen molar-refractivity contribution < 1.29 is 8.83 Å². The summed E-state index contributed by atoms with van der Waals surface area (Å²) >= 11 is 0. The molecule has 274 valence electrons. The lowest BCUT2D eigenvalue weighted by molar-refractivity contribution is 0.669. The number of rotatable bonds is 6. The summed E-state index contributed by atoms with van der Waals surface area (Å²) in [6.07, 6.45) is 0. The minimum absolute atomic E-state index is 0.357. The molecule has 0 amide bonds. The molecule has 11 aromatic rings. The van der Waals surface area contributed by atoms with Gasteiger partial charge in [-0.3, -0.25) is 4.99 Å². The summed E-state index contributed by atoms with van der Waals surface area (Å²) in [6.45, 7) is 0.445. The van der Waals surface area contributed by atoms with E-state index in [4.69, 9.17) is 24.6 Å². The number of furan rings is 2. The molecular weight excluding hydrogens is 711 g/mol. The normalized spacial score (nSPS) is 12.5. The van der Waals surface area contributed by atoms with Crippen molar-refractivity contribution in [3.8, 4) is 22.3 Å². The van der Waals surface area contributed by atoms with Crippen LogP contribution >= 0.6 is 0 Å². The quantitative estimate of drug-likeness (QED) is 0.136. The zero-order valence-corrected chi connectivity index (χ0v) is 31.4. The highest BCUT2D eigenvalue weighted by atomic mass is 16.3. The van der Waals surface area contributed by atoms with E-state index in [0.717, 1.165) is 82.8 Å². The molecule has 0 saturated carbocycles. The molecule has 58 heavy (non-hydrogen) atoms. The standard InChI is InChI=1S/C53H35N3O2/c54-52(56-53(38-24-22-36(23-25-38)34-10-2-1-3-11-34)55-32-33-20-21-35-12-4-5-14-39(35)30-33)43-17-9-19-47-51(43)50-42(16-8-18-46(50)58-47)40-27-28-45-44(31-40)49-41-15-7-6-13-37(41)26-29-48(49)57-45/h1-31H,32H2,(H2,54,55,56). The van der Waals surface area contributed by atoms with Gasteiger partial charge in [-0.2, -0.15) is 0 Å². The van der Waals surface area contributed by atoms with E-state index in [2.05, 4.69) is 152 Å². The maximum Gasteiger partial charge on any atom is 0.157 e. The second kappa shape index (κ2) is 13.8. The van der Waals surface area contributed by atoms with E-state index in [0.29, 0.717) is 18.2 Å². The van der Waals surface area contributed by atoms with Crippen molar-refractivity contribution in [2.75, 3.05) is 0 Å². The summed E-state index contributed by atoms with van der Waals surface area (Å²) in [5.41, 5.74) is 17.4. The molecule has 0 atom stereocenters. The van der Waals surface area contributed by atoms with Crippen molar-refractivity contribution in [3.05, 3.63) is 205 Å². The molecule has 0 spiro atoms. The minimum atomic E-state index is 0.357. The Morgan fingerprint density at radius 3 is 1.97 bits per heavy atom. The van der Waals surface area contributed by atoms with Crippen LogP contribution in [0.2, 0.25) is 0 Å². The molecule has 0 aliphatic carbocycles. The number of nitrogens with two attached hydrogens (primary N) is 1. The Labute approximate surface area is 334 Å². The third-order valence-electron chi connectivity index (χ3n) is 11.2. The van der Waals surface area contributed by atoms with Gasteiger partial charge < -0.3 is 14.6 Å². The first-order valence-electron chi connectivity index (χ1n) is 19.5. The molecule has 0 bridgehead atoms. The molecule has 0 unspecified atom stereocenters. The summed E-state index contributed by atoms with van der Waals surface area (Å²) in [7, 11) is 0. The molecule has 2 aromatic heterocycles. The Morgan fingerprint density at radius 1 is 0.448 bits per heavy atom. The Morgan fingerprint density at radius 2 is 1.10 bits per heavy atom. The van der Waals surface area contributed by atoms with Gasteiger partial charge in [-0.25, -0.2) is 4.99 Å². The average molecular weight is 746 g/mol. The molecule has 0 radical (unpaired) electrons. The molecule has 2 N–H and O–H groups in total. The van der Waals surface area contributed by atoms with Crippen molar-refractivity contribution in [2.45, 2.75) is 6.54 Å². The van der Waals surface area contributed by atoms with Crippen molar-refractivity contribution in [1.29, 1.82) is 0 Å². The summed E-state index contributed by atoms with van der Waals surface area (Å²) in [6, 6.07) is 64.8. The predicted octanol–water partition coefficient (Wildman–Crippen LogP) is 13.5. The zero-order chi connectivity index (χ0) is 38.6. The highest BCUT2D eigenvalue weighted by molar-refractivity contribution is 6.24. The SMILES string of the molecule is NC(=NC(=NCc1ccc2ccccc2c1)c1ccc(-c2ccccc2)cc1)c1cccc2oc3cccc(-c4ccc5oc6ccc7ccccc7c6c5c4)c3c12. The Kier molecular flexibility index (Phi) is 7.97. The van der Waals surface area contributed by atoms with Crippen LogP contribution in [0.5, 0.6) is 0 Å². The molecule has 11 rings (SSSR count). The highest BCUT2D eigenvalue weighted by Crippen LogP contribution is 2.41. The van der Waals surface area contributed by atoms with Gasteiger partial charge in [-0.15, -0.1) is 0 Å². The minimum Gasteiger partial charge on any atom is -0.456 e. The first-order valence-corrected chi connectivity index (χ1v) is 19.5. The number of fused-ring (bicyclic) bond motifs is 9. The predicted molar refractivity (Wildman–Crippen MR) is 241 cm³/mol. The number of nitrogens with zero attached hydrogens (tertiary/aromatic N) is 2. The molecule has 5 heteroatoms. The molecule has 5 nitrogen and oxygen atoms in total. The van der Waals surface area contributed by atoms with Gasteiger partial charge in [0.2, 0.25) is 0 Å². The van der Waals surface area contributed by atoms with Gasteiger partial charge >= 0.3 is 0 Å². The first kappa shape index (κ1) is 33.6. The third-order valence-corrected chi connectivity index (χ3v) is 11.2.